The van der Waals surface area contributed by atoms with Crippen molar-refractivity contribution in [3.63, 3.8) is 0 Å². The van der Waals surface area contributed by atoms with Crippen molar-refractivity contribution in [3.8, 4) is 0 Å². The molecule has 140 valence electrons. The molecule has 0 saturated carbocycles. The minimum atomic E-state index is -0.803. The van der Waals surface area contributed by atoms with Gasteiger partial charge >= 0.3 is 16.5 Å². The molecule has 0 radical (unpaired) electrons. The normalized spacial score (nSPS) is 13.0. The maximum Gasteiger partial charge on any atom is 2.00 e. The van der Waals surface area contributed by atoms with Crippen LogP contribution in [0, 0.1) is 0 Å². The molecule has 0 aliphatic carbocycles. The van der Waals surface area contributed by atoms with E-state index in [2.05, 4.69) is 64.9 Å². The monoisotopic (exact) mass is 408 g/mol. The van der Waals surface area contributed by atoms with Gasteiger partial charge in [-0.3, -0.25) is 0 Å². The summed E-state index contributed by atoms with van der Waals surface area (Å²) < 4.78 is 8.28. The molecule has 0 N–H and O–H groups in total. The average molecular weight is 409 g/mol. The van der Waals surface area contributed by atoms with Gasteiger partial charge in [0, 0.05) is 0 Å². The van der Waals surface area contributed by atoms with Gasteiger partial charge in [-0.15, -0.1) is 0 Å². The number of hydrogen-bond acceptors (Lipinski definition) is 4. The Morgan fingerprint density at radius 2 is 0.783 bits per heavy atom. The minimum absolute atomic E-state index is 0. The van der Waals surface area contributed by atoms with Crippen LogP contribution in [-0.2, 0) is 16.5 Å². The van der Waals surface area contributed by atoms with Crippen molar-refractivity contribution in [2.45, 2.75) is 91.9 Å². The summed E-state index contributed by atoms with van der Waals surface area (Å²) in [5.74, 6) is -0.0254. The molecule has 0 saturated heterocycles. The summed E-state index contributed by atoms with van der Waals surface area (Å²) in [6.45, 7) is 20.2. The predicted molar refractivity (Wildman–Crippen MR) is 103 cm³/mol. The van der Waals surface area contributed by atoms with Gasteiger partial charge in [0.15, 0.2) is 0 Å². The van der Waals surface area contributed by atoms with Crippen LogP contribution >= 0.6 is 16.1 Å². The maximum atomic E-state index is 10.7. The first-order chi connectivity index (χ1) is 9.89. The number of hydrogen-bond donors (Lipinski definition) is 0. The molecule has 0 aromatic rings. The molecule has 0 atom stereocenters. The maximum absolute atomic E-state index is 10.7. The van der Waals surface area contributed by atoms with Gasteiger partial charge in [0.25, 0.3) is 0 Å². The summed E-state index contributed by atoms with van der Waals surface area (Å²) in [6.07, 6.45) is 0. The van der Waals surface area contributed by atoms with Crippen molar-refractivity contribution in [1.82, 2.24) is 0 Å². The van der Waals surface area contributed by atoms with Crippen molar-refractivity contribution >= 4 is 27.9 Å². The molecule has 0 aromatic carbocycles. The minimum Gasteiger partial charge on any atom is -0.860 e. The Kier molecular flexibility index (Phi) is 17.9. The van der Waals surface area contributed by atoms with Gasteiger partial charge in [-0.2, -0.15) is 9.53 Å². The SMILES string of the molecule is C/C([O-])=N/[PH+](C(C)C)C(C)C.C/C([O-])=N/[PH+](C(C)C)C(C)C.[Ni+2]. The molecule has 0 heterocycles. The fourth-order valence-corrected chi connectivity index (χ4v) is 6.64. The van der Waals surface area contributed by atoms with Crippen LogP contribution in [0.3, 0.4) is 0 Å². The summed E-state index contributed by atoms with van der Waals surface area (Å²) in [5.41, 5.74) is 2.24. The van der Waals surface area contributed by atoms with E-state index in [9.17, 15) is 10.2 Å². The Labute approximate surface area is 156 Å². The van der Waals surface area contributed by atoms with Crippen LogP contribution in [0.25, 0.3) is 0 Å². The third kappa shape index (κ3) is 15.6. The van der Waals surface area contributed by atoms with E-state index in [1.165, 1.54) is 13.8 Å². The van der Waals surface area contributed by atoms with Crippen LogP contribution in [-0.4, -0.2) is 34.4 Å². The van der Waals surface area contributed by atoms with E-state index < -0.39 is 16.1 Å². The van der Waals surface area contributed by atoms with Crippen LogP contribution in [0.2, 0.25) is 0 Å². The molecule has 0 aliphatic heterocycles. The summed E-state index contributed by atoms with van der Waals surface area (Å²) in [6, 6.07) is 0. The van der Waals surface area contributed by atoms with Crippen LogP contribution < -0.4 is 10.2 Å². The van der Waals surface area contributed by atoms with E-state index in [0.717, 1.165) is 0 Å². The molecule has 0 unspecified atom stereocenters. The quantitative estimate of drug-likeness (QED) is 0.292. The number of rotatable bonds is 6. The molecule has 0 bridgehead atoms. The molecule has 0 rings (SSSR count). The van der Waals surface area contributed by atoms with Gasteiger partial charge in [0.2, 0.25) is 0 Å². The van der Waals surface area contributed by atoms with Crippen molar-refractivity contribution in [2.24, 2.45) is 9.53 Å². The molecule has 7 heteroatoms. The van der Waals surface area contributed by atoms with Gasteiger partial charge in [-0.05, 0) is 81.0 Å². The van der Waals surface area contributed by atoms with Crippen LogP contribution in [0.1, 0.15) is 69.2 Å². The summed E-state index contributed by atoms with van der Waals surface area (Å²) in [5, 5.41) is 21.4. The fraction of sp³-hybridized carbons (Fsp3) is 0.875. The fourth-order valence-electron chi connectivity index (χ4n) is 2.21. The Balaban J connectivity index is -0.000000333. The predicted octanol–water partition coefficient (Wildman–Crippen LogP) is 3.42. The Bertz CT molecular complexity index is 302. The smallest absolute Gasteiger partial charge is 0.860 e. The molecule has 4 nitrogen and oxygen atoms in total. The van der Waals surface area contributed by atoms with Crippen molar-refractivity contribution in [2.75, 3.05) is 0 Å². The molecule has 0 aliphatic rings. The zero-order valence-corrected chi connectivity index (χ0v) is 19.3. The van der Waals surface area contributed by atoms with Gasteiger partial charge in [0.05, 0.1) is 22.6 Å². The van der Waals surface area contributed by atoms with Gasteiger partial charge in [-0.25, -0.2) is 0 Å². The first-order valence-corrected chi connectivity index (χ1v) is 11.3. The standard InChI is InChI=1S/2C8H18NOP.Ni/c2*1-6(2)11(7(3)4)9-8(5)10;/h2*6-7H,1-5H3,(H,9,10);/q;;+2. The average Bonchev–Trinajstić information content (AvgIpc) is 2.32. The van der Waals surface area contributed by atoms with Crippen LogP contribution in [0.4, 0.5) is 0 Å². The van der Waals surface area contributed by atoms with Gasteiger partial charge < -0.3 is 10.2 Å². The van der Waals surface area contributed by atoms with Gasteiger partial charge in [-0.1, -0.05) is 0 Å². The molecule has 23 heavy (non-hydrogen) atoms. The molecule has 0 fully saturated rings. The van der Waals surface area contributed by atoms with E-state index in [1.54, 1.807) is 0 Å². The third-order valence-electron chi connectivity index (χ3n) is 2.94. The van der Waals surface area contributed by atoms with Crippen LogP contribution in [0.5, 0.6) is 0 Å². The largest absolute Gasteiger partial charge is 2.00 e. The van der Waals surface area contributed by atoms with Crippen molar-refractivity contribution in [3.05, 3.63) is 0 Å². The summed E-state index contributed by atoms with van der Waals surface area (Å²) >= 11 is 0. The topological polar surface area (TPSA) is 70.8 Å². The van der Waals surface area contributed by atoms with E-state index in [0.29, 0.717) is 22.6 Å². The van der Waals surface area contributed by atoms with Crippen molar-refractivity contribution in [1.29, 1.82) is 0 Å². The Hall–Kier alpha value is 0.294. The van der Waals surface area contributed by atoms with E-state index in [-0.39, 0.29) is 28.3 Å². The molecule has 0 spiro atoms. The Morgan fingerprint density at radius 1 is 0.609 bits per heavy atom. The van der Waals surface area contributed by atoms with E-state index in [4.69, 9.17) is 0 Å². The zero-order valence-electron chi connectivity index (χ0n) is 16.3. The molecular weight excluding hydrogens is 373 g/mol. The summed E-state index contributed by atoms with van der Waals surface area (Å²) in [4.78, 5) is 0. The molecule has 0 amide bonds. The second-order valence-corrected chi connectivity index (χ2v) is 13.5. The Morgan fingerprint density at radius 3 is 0.826 bits per heavy atom. The zero-order chi connectivity index (χ0) is 18.0. The van der Waals surface area contributed by atoms with E-state index in [1.807, 2.05) is 0 Å². The van der Waals surface area contributed by atoms with Crippen molar-refractivity contribution < 1.29 is 26.7 Å². The first kappa shape index (κ1) is 28.1. The second kappa shape index (κ2) is 14.6. The summed E-state index contributed by atoms with van der Waals surface area (Å²) in [7, 11) is -1.61. The number of nitrogens with zero attached hydrogens (tertiary/aromatic N) is 2. The van der Waals surface area contributed by atoms with E-state index >= 15 is 0 Å². The molecular formula is C16H36N2NiO2P2+2. The molecule has 0 aromatic heterocycles. The van der Waals surface area contributed by atoms with Gasteiger partial charge in [0.1, 0.15) is 16.1 Å². The third-order valence-corrected chi connectivity index (χ3v) is 8.82. The first-order valence-electron chi connectivity index (χ1n) is 8.08. The second-order valence-electron chi connectivity index (χ2n) is 6.73. The van der Waals surface area contributed by atoms with Crippen LogP contribution in [0.15, 0.2) is 9.53 Å².